The Kier molecular flexibility index (Phi) is 4.73. The highest BCUT2D eigenvalue weighted by Gasteiger charge is 2.03. The number of hydrogen-bond donors (Lipinski definition) is 2. The van der Waals surface area contributed by atoms with Crippen molar-refractivity contribution in [2.45, 2.75) is 13.2 Å². The van der Waals surface area contributed by atoms with Crippen molar-refractivity contribution in [2.75, 3.05) is 13.2 Å². The molecule has 5 nitrogen and oxygen atoms in total. The van der Waals surface area contributed by atoms with Crippen LogP contribution in [0.15, 0.2) is 24.5 Å². The highest BCUT2D eigenvalue weighted by Crippen LogP contribution is 1.94. The van der Waals surface area contributed by atoms with Crippen molar-refractivity contribution in [2.24, 2.45) is 0 Å². The molecule has 0 saturated carbocycles. The van der Waals surface area contributed by atoms with Gasteiger partial charge in [-0.15, -0.1) is 0 Å². The number of amides is 1. The van der Waals surface area contributed by atoms with Gasteiger partial charge in [0.1, 0.15) is 0 Å². The standard InChI is InChI=1S/C10H14N2O3/c1-8(13)15-6-5-12-10(14)9-3-2-4-11-7-9/h2-4,7-8,13H,5-6H2,1H3,(H,12,14). The average molecular weight is 210 g/mol. The van der Waals surface area contributed by atoms with Crippen LogP contribution in [-0.2, 0) is 4.74 Å². The van der Waals surface area contributed by atoms with Crippen LogP contribution in [0.25, 0.3) is 0 Å². The molecule has 0 aliphatic carbocycles. The molecular formula is C10H14N2O3. The first kappa shape index (κ1) is 11.6. The summed E-state index contributed by atoms with van der Waals surface area (Å²) < 4.78 is 4.85. The minimum Gasteiger partial charge on any atom is -0.368 e. The first-order valence-electron chi connectivity index (χ1n) is 4.68. The molecule has 0 fully saturated rings. The number of nitrogens with zero attached hydrogens (tertiary/aromatic N) is 1. The van der Waals surface area contributed by atoms with E-state index in [0.29, 0.717) is 12.1 Å². The zero-order chi connectivity index (χ0) is 11.1. The lowest BCUT2D eigenvalue weighted by molar-refractivity contribution is -0.0831. The summed E-state index contributed by atoms with van der Waals surface area (Å²) in [5.41, 5.74) is 0.509. The molecule has 5 heteroatoms. The summed E-state index contributed by atoms with van der Waals surface area (Å²) in [5, 5.41) is 11.4. The van der Waals surface area contributed by atoms with Crippen LogP contribution in [0.1, 0.15) is 17.3 Å². The second-order valence-electron chi connectivity index (χ2n) is 2.97. The number of carbonyl (C=O) groups is 1. The van der Waals surface area contributed by atoms with E-state index in [4.69, 9.17) is 9.84 Å². The number of aliphatic hydroxyl groups is 1. The molecule has 0 aliphatic rings. The molecule has 1 amide bonds. The predicted molar refractivity (Wildman–Crippen MR) is 54.2 cm³/mol. The highest BCUT2D eigenvalue weighted by atomic mass is 16.6. The summed E-state index contributed by atoms with van der Waals surface area (Å²) >= 11 is 0. The monoisotopic (exact) mass is 210 g/mol. The van der Waals surface area contributed by atoms with Crippen LogP contribution in [0.2, 0.25) is 0 Å². The fraction of sp³-hybridized carbons (Fsp3) is 0.400. The zero-order valence-corrected chi connectivity index (χ0v) is 8.51. The third-order valence-corrected chi connectivity index (χ3v) is 1.67. The van der Waals surface area contributed by atoms with E-state index < -0.39 is 6.29 Å². The number of nitrogens with one attached hydrogen (secondary N) is 1. The van der Waals surface area contributed by atoms with Gasteiger partial charge in [-0.05, 0) is 19.1 Å². The van der Waals surface area contributed by atoms with Gasteiger partial charge in [0.2, 0.25) is 0 Å². The Hall–Kier alpha value is -1.46. The minimum absolute atomic E-state index is 0.197. The Morgan fingerprint density at radius 1 is 1.73 bits per heavy atom. The number of carbonyl (C=O) groups excluding carboxylic acids is 1. The molecule has 1 heterocycles. The maximum absolute atomic E-state index is 11.4. The predicted octanol–water partition coefficient (Wildman–Crippen LogP) is 0.166. The molecule has 0 radical (unpaired) electrons. The van der Waals surface area contributed by atoms with Gasteiger partial charge in [-0.2, -0.15) is 0 Å². The molecule has 0 aliphatic heterocycles. The van der Waals surface area contributed by atoms with Gasteiger partial charge in [0.15, 0.2) is 6.29 Å². The Morgan fingerprint density at radius 3 is 3.13 bits per heavy atom. The lowest BCUT2D eigenvalue weighted by Gasteiger charge is -2.07. The fourth-order valence-electron chi connectivity index (χ4n) is 0.993. The van der Waals surface area contributed by atoms with Crippen LogP contribution in [0.5, 0.6) is 0 Å². The number of pyridine rings is 1. The van der Waals surface area contributed by atoms with Crippen molar-refractivity contribution < 1.29 is 14.6 Å². The van der Waals surface area contributed by atoms with Gasteiger partial charge >= 0.3 is 0 Å². The molecule has 2 N–H and O–H groups in total. The Bertz CT molecular complexity index is 301. The normalized spacial score (nSPS) is 12.1. The van der Waals surface area contributed by atoms with Crippen molar-refractivity contribution in [3.63, 3.8) is 0 Å². The molecule has 1 atom stereocenters. The van der Waals surface area contributed by atoms with Crippen LogP contribution < -0.4 is 5.32 Å². The van der Waals surface area contributed by atoms with Gasteiger partial charge in [0.05, 0.1) is 12.2 Å². The first-order chi connectivity index (χ1) is 7.20. The Balaban J connectivity index is 2.25. The van der Waals surface area contributed by atoms with E-state index in [-0.39, 0.29) is 12.5 Å². The smallest absolute Gasteiger partial charge is 0.252 e. The van der Waals surface area contributed by atoms with Gasteiger partial charge in [-0.25, -0.2) is 0 Å². The van der Waals surface area contributed by atoms with Crippen LogP contribution in [-0.4, -0.2) is 35.4 Å². The molecule has 82 valence electrons. The molecule has 1 aromatic rings. The molecule has 0 aromatic carbocycles. The minimum atomic E-state index is -0.805. The van der Waals surface area contributed by atoms with Gasteiger partial charge < -0.3 is 15.2 Å². The lowest BCUT2D eigenvalue weighted by atomic mass is 10.3. The topological polar surface area (TPSA) is 71.5 Å². The van der Waals surface area contributed by atoms with Crippen LogP contribution >= 0.6 is 0 Å². The van der Waals surface area contributed by atoms with Crippen LogP contribution in [0, 0.1) is 0 Å². The van der Waals surface area contributed by atoms with Crippen LogP contribution in [0.3, 0.4) is 0 Å². The summed E-state index contributed by atoms with van der Waals surface area (Å²) in [7, 11) is 0. The summed E-state index contributed by atoms with van der Waals surface area (Å²) in [6.45, 7) is 2.16. The summed E-state index contributed by atoms with van der Waals surface area (Å²) in [6, 6.07) is 3.37. The largest absolute Gasteiger partial charge is 0.368 e. The average Bonchev–Trinajstić information content (AvgIpc) is 2.25. The molecule has 0 saturated heterocycles. The fourth-order valence-corrected chi connectivity index (χ4v) is 0.993. The Morgan fingerprint density at radius 2 is 2.53 bits per heavy atom. The summed E-state index contributed by atoms with van der Waals surface area (Å²) in [5.74, 6) is -0.197. The molecule has 0 bridgehead atoms. The maximum Gasteiger partial charge on any atom is 0.252 e. The van der Waals surface area contributed by atoms with Crippen LogP contribution in [0.4, 0.5) is 0 Å². The van der Waals surface area contributed by atoms with Crippen molar-refractivity contribution in [3.05, 3.63) is 30.1 Å². The van der Waals surface area contributed by atoms with E-state index in [2.05, 4.69) is 10.3 Å². The van der Waals surface area contributed by atoms with Gasteiger partial charge in [0.25, 0.3) is 5.91 Å². The SMILES string of the molecule is CC(O)OCCNC(=O)c1cccnc1. The maximum atomic E-state index is 11.4. The highest BCUT2D eigenvalue weighted by molar-refractivity contribution is 5.93. The quantitative estimate of drug-likeness (QED) is 0.536. The van der Waals surface area contributed by atoms with Crippen molar-refractivity contribution in [1.29, 1.82) is 0 Å². The molecule has 1 aromatic heterocycles. The first-order valence-corrected chi connectivity index (χ1v) is 4.68. The zero-order valence-electron chi connectivity index (χ0n) is 8.51. The molecule has 1 unspecified atom stereocenters. The molecule has 1 rings (SSSR count). The third-order valence-electron chi connectivity index (χ3n) is 1.67. The van der Waals surface area contributed by atoms with Gasteiger partial charge in [0, 0.05) is 18.9 Å². The van der Waals surface area contributed by atoms with E-state index in [0.717, 1.165) is 0 Å². The van der Waals surface area contributed by atoms with E-state index in [1.54, 1.807) is 18.3 Å². The summed E-state index contributed by atoms with van der Waals surface area (Å²) in [6.07, 6.45) is 2.29. The molecular weight excluding hydrogens is 196 g/mol. The van der Waals surface area contributed by atoms with Gasteiger partial charge in [-0.3, -0.25) is 9.78 Å². The lowest BCUT2D eigenvalue weighted by Crippen LogP contribution is -2.28. The van der Waals surface area contributed by atoms with Gasteiger partial charge in [-0.1, -0.05) is 0 Å². The third kappa shape index (κ3) is 4.53. The van der Waals surface area contributed by atoms with E-state index in [1.807, 2.05) is 0 Å². The second kappa shape index (κ2) is 6.10. The molecule has 0 spiro atoms. The summed E-state index contributed by atoms with van der Waals surface area (Å²) in [4.78, 5) is 15.3. The van der Waals surface area contributed by atoms with E-state index in [1.165, 1.54) is 13.1 Å². The van der Waals surface area contributed by atoms with Crippen molar-refractivity contribution >= 4 is 5.91 Å². The number of rotatable bonds is 5. The second-order valence-corrected chi connectivity index (χ2v) is 2.97. The number of aromatic nitrogens is 1. The van der Waals surface area contributed by atoms with Crippen molar-refractivity contribution in [3.8, 4) is 0 Å². The Labute approximate surface area is 88.1 Å². The molecule has 15 heavy (non-hydrogen) atoms. The number of aliphatic hydroxyl groups excluding tert-OH is 1. The number of hydrogen-bond acceptors (Lipinski definition) is 4. The van der Waals surface area contributed by atoms with E-state index >= 15 is 0 Å². The van der Waals surface area contributed by atoms with E-state index in [9.17, 15) is 4.79 Å². The number of ether oxygens (including phenoxy) is 1. The van der Waals surface area contributed by atoms with Crippen molar-refractivity contribution in [1.82, 2.24) is 10.3 Å².